The van der Waals surface area contributed by atoms with Crippen LogP contribution in [-0.4, -0.2) is 41.9 Å². The summed E-state index contributed by atoms with van der Waals surface area (Å²) in [6, 6.07) is 0. The third-order valence-corrected chi connectivity index (χ3v) is 2.36. The van der Waals surface area contributed by atoms with E-state index in [1.54, 1.807) is 4.90 Å². The van der Waals surface area contributed by atoms with Crippen LogP contribution in [0, 0.1) is 0 Å². The van der Waals surface area contributed by atoms with Gasteiger partial charge in [0.2, 0.25) is 0 Å². The number of hydrogen-bond acceptors (Lipinski definition) is 3. The largest absolute Gasteiger partial charge is 0.444 e. The van der Waals surface area contributed by atoms with Crippen LogP contribution in [0.2, 0.25) is 0 Å². The van der Waals surface area contributed by atoms with Crippen molar-refractivity contribution in [2.24, 2.45) is 0 Å². The molecule has 1 aliphatic rings. The molecule has 1 amide bonds. The number of ether oxygens (including phenoxy) is 2. The summed E-state index contributed by atoms with van der Waals surface area (Å²) in [5.41, 5.74) is -0.597. The minimum atomic E-state index is -0.423. The highest BCUT2D eigenvalue weighted by Crippen LogP contribution is 2.26. The molecule has 4 heteroatoms. The van der Waals surface area contributed by atoms with Crippen LogP contribution in [0.4, 0.5) is 4.79 Å². The second-order valence-corrected chi connectivity index (χ2v) is 5.63. The van der Waals surface area contributed by atoms with Crippen molar-refractivity contribution in [3.63, 3.8) is 0 Å². The number of likely N-dealkylation sites (tertiary alicyclic amines) is 1. The van der Waals surface area contributed by atoms with Crippen molar-refractivity contribution in [3.8, 4) is 0 Å². The number of carbonyl (C=O) groups is 1. The Bertz CT molecular complexity index is 251. The van der Waals surface area contributed by atoms with E-state index in [-0.39, 0.29) is 11.7 Å². The Morgan fingerprint density at radius 1 is 1.38 bits per heavy atom. The second-order valence-electron chi connectivity index (χ2n) is 5.63. The molecule has 94 valence electrons. The molecule has 0 bridgehead atoms. The van der Waals surface area contributed by atoms with E-state index in [9.17, 15) is 4.79 Å². The lowest BCUT2D eigenvalue weighted by Crippen LogP contribution is -2.63. The molecule has 0 N–H and O–H groups in total. The summed E-state index contributed by atoms with van der Waals surface area (Å²) in [4.78, 5) is 13.3. The van der Waals surface area contributed by atoms with E-state index in [0.29, 0.717) is 13.1 Å². The molecule has 0 aromatic rings. The van der Waals surface area contributed by atoms with Crippen LogP contribution >= 0.6 is 0 Å². The first-order chi connectivity index (χ1) is 7.26. The van der Waals surface area contributed by atoms with Gasteiger partial charge >= 0.3 is 6.09 Å². The number of carbonyl (C=O) groups excluding carboxylic acids is 1. The molecule has 0 unspecified atom stereocenters. The number of amides is 1. The van der Waals surface area contributed by atoms with Gasteiger partial charge in [-0.1, -0.05) is 6.92 Å². The Balaban J connectivity index is 2.32. The number of hydrogen-bond donors (Lipinski definition) is 0. The fraction of sp³-hybridized carbons (Fsp3) is 0.917. The molecule has 1 saturated heterocycles. The normalized spacial score (nSPS) is 19.2. The number of nitrogens with zero attached hydrogens (tertiary/aromatic N) is 1. The molecule has 0 aliphatic carbocycles. The van der Waals surface area contributed by atoms with E-state index in [2.05, 4.69) is 6.92 Å². The lowest BCUT2D eigenvalue weighted by atomic mass is 9.97. The van der Waals surface area contributed by atoms with Gasteiger partial charge in [-0.2, -0.15) is 0 Å². The molecule has 4 nitrogen and oxygen atoms in total. The predicted octanol–water partition coefficient (Wildman–Crippen LogP) is 2.42. The van der Waals surface area contributed by atoms with Crippen molar-refractivity contribution in [3.05, 3.63) is 0 Å². The van der Waals surface area contributed by atoms with E-state index >= 15 is 0 Å². The van der Waals surface area contributed by atoms with E-state index in [0.717, 1.165) is 13.0 Å². The SMILES string of the molecule is CCCOC1(C)CN(C(=O)OC(C)(C)C)C1. The standard InChI is InChI=1S/C12H23NO3/c1-6-7-15-12(5)8-13(9-12)10(14)16-11(2,3)4/h6-9H2,1-5H3. The quantitative estimate of drug-likeness (QED) is 0.746. The van der Waals surface area contributed by atoms with Gasteiger partial charge in [0, 0.05) is 6.61 Å². The van der Waals surface area contributed by atoms with Crippen molar-refractivity contribution in [1.82, 2.24) is 4.90 Å². The van der Waals surface area contributed by atoms with E-state index in [1.165, 1.54) is 0 Å². The number of rotatable bonds is 3. The molecule has 0 radical (unpaired) electrons. The predicted molar refractivity (Wildman–Crippen MR) is 62.5 cm³/mol. The van der Waals surface area contributed by atoms with Gasteiger partial charge in [-0.3, -0.25) is 0 Å². The molecule has 1 rings (SSSR count). The highest BCUT2D eigenvalue weighted by Gasteiger charge is 2.43. The summed E-state index contributed by atoms with van der Waals surface area (Å²) in [7, 11) is 0. The van der Waals surface area contributed by atoms with Gasteiger partial charge in [0.05, 0.1) is 13.1 Å². The summed E-state index contributed by atoms with van der Waals surface area (Å²) in [5.74, 6) is 0. The highest BCUT2D eigenvalue weighted by atomic mass is 16.6. The highest BCUT2D eigenvalue weighted by molar-refractivity contribution is 5.69. The molecule has 16 heavy (non-hydrogen) atoms. The molecule has 1 aliphatic heterocycles. The Morgan fingerprint density at radius 3 is 2.38 bits per heavy atom. The smallest absolute Gasteiger partial charge is 0.410 e. The summed E-state index contributed by atoms with van der Waals surface area (Å²) < 4.78 is 10.9. The zero-order chi connectivity index (χ0) is 12.4. The first-order valence-corrected chi connectivity index (χ1v) is 5.88. The maximum absolute atomic E-state index is 11.7. The molecule has 0 aromatic heterocycles. The second kappa shape index (κ2) is 4.62. The zero-order valence-electron chi connectivity index (χ0n) is 11.0. The van der Waals surface area contributed by atoms with Crippen LogP contribution < -0.4 is 0 Å². The van der Waals surface area contributed by atoms with E-state index < -0.39 is 5.60 Å². The maximum atomic E-state index is 11.7. The summed E-state index contributed by atoms with van der Waals surface area (Å²) in [6.07, 6.45) is 0.757. The van der Waals surface area contributed by atoms with Crippen LogP contribution in [-0.2, 0) is 9.47 Å². The molecular formula is C12H23NO3. The van der Waals surface area contributed by atoms with Gasteiger partial charge in [-0.05, 0) is 34.1 Å². The Hall–Kier alpha value is -0.770. The molecule has 0 saturated carbocycles. The van der Waals surface area contributed by atoms with Crippen molar-refractivity contribution >= 4 is 6.09 Å². The minimum absolute atomic E-state index is 0.174. The Morgan fingerprint density at radius 2 is 1.94 bits per heavy atom. The van der Waals surface area contributed by atoms with Gasteiger partial charge in [0.1, 0.15) is 11.2 Å². The minimum Gasteiger partial charge on any atom is -0.444 e. The zero-order valence-corrected chi connectivity index (χ0v) is 11.0. The molecule has 1 fully saturated rings. The monoisotopic (exact) mass is 229 g/mol. The van der Waals surface area contributed by atoms with Crippen molar-refractivity contribution < 1.29 is 14.3 Å². The molecule has 0 atom stereocenters. The van der Waals surface area contributed by atoms with Crippen molar-refractivity contribution in [2.45, 2.75) is 52.2 Å². The first-order valence-electron chi connectivity index (χ1n) is 5.88. The fourth-order valence-electron chi connectivity index (χ4n) is 1.66. The lowest BCUT2D eigenvalue weighted by molar-refractivity contribution is -0.128. The first kappa shape index (κ1) is 13.3. The lowest BCUT2D eigenvalue weighted by Gasteiger charge is -2.47. The third kappa shape index (κ3) is 3.67. The fourth-order valence-corrected chi connectivity index (χ4v) is 1.66. The molecule has 1 heterocycles. The van der Waals surface area contributed by atoms with Crippen LogP contribution in [0.15, 0.2) is 0 Å². The third-order valence-electron chi connectivity index (χ3n) is 2.36. The molecule has 0 spiro atoms. The summed E-state index contributed by atoms with van der Waals surface area (Å²) in [6.45, 7) is 11.7. The molecule has 0 aromatic carbocycles. The van der Waals surface area contributed by atoms with Gasteiger partial charge in [-0.15, -0.1) is 0 Å². The summed E-state index contributed by atoms with van der Waals surface area (Å²) >= 11 is 0. The molecular weight excluding hydrogens is 206 g/mol. The van der Waals surface area contributed by atoms with Crippen LogP contribution in [0.5, 0.6) is 0 Å². The topological polar surface area (TPSA) is 38.8 Å². The average molecular weight is 229 g/mol. The van der Waals surface area contributed by atoms with Crippen molar-refractivity contribution in [2.75, 3.05) is 19.7 Å². The Kier molecular flexibility index (Phi) is 3.84. The van der Waals surface area contributed by atoms with Gasteiger partial charge in [0.15, 0.2) is 0 Å². The van der Waals surface area contributed by atoms with Crippen LogP contribution in [0.25, 0.3) is 0 Å². The van der Waals surface area contributed by atoms with Crippen LogP contribution in [0.1, 0.15) is 41.0 Å². The van der Waals surface area contributed by atoms with E-state index in [4.69, 9.17) is 9.47 Å². The van der Waals surface area contributed by atoms with E-state index in [1.807, 2.05) is 27.7 Å². The van der Waals surface area contributed by atoms with Gasteiger partial charge in [0.25, 0.3) is 0 Å². The average Bonchev–Trinajstić information content (AvgIpc) is 2.07. The Labute approximate surface area is 97.9 Å². The van der Waals surface area contributed by atoms with Gasteiger partial charge < -0.3 is 14.4 Å². The van der Waals surface area contributed by atoms with Gasteiger partial charge in [-0.25, -0.2) is 4.79 Å². The van der Waals surface area contributed by atoms with Crippen LogP contribution in [0.3, 0.4) is 0 Å². The summed E-state index contributed by atoms with van der Waals surface area (Å²) in [5, 5.41) is 0. The maximum Gasteiger partial charge on any atom is 0.410 e. The van der Waals surface area contributed by atoms with Crippen molar-refractivity contribution in [1.29, 1.82) is 0 Å².